The molecule has 0 aliphatic rings. The van der Waals surface area contributed by atoms with Crippen LogP contribution in [0.1, 0.15) is 0 Å². The van der Waals surface area contributed by atoms with Gasteiger partial charge in [0, 0.05) is 21.5 Å². The average Bonchev–Trinajstić information content (AvgIpc) is 2.93. The lowest BCUT2D eigenvalue weighted by atomic mass is 9.84. The van der Waals surface area contributed by atoms with Crippen molar-refractivity contribution in [2.24, 2.45) is 0 Å². The molecule has 0 saturated carbocycles. The largest absolute Gasteiger partial charge is 0.456 e. The van der Waals surface area contributed by atoms with Crippen molar-refractivity contribution in [2.45, 2.75) is 0 Å². The molecule has 2 aromatic heterocycles. The highest BCUT2D eigenvalue weighted by Gasteiger charge is 2.22. The fourth-order valence-corrected chi connectivity index (χ4v) is 14.4. The molecule has 0 unspecified atom stereocenters. The Kier molecular flexibility index (Phi) is 10.7. The topological polar surface area (TPSA) is 26.3 Å². The molecule has 0 aliphatic heterocycles. The maximum atomic E-state index is 6.74. The van der Waals surface area contributed by atoms with Crippen LogP contribution in [0.15, 0.2) is 312 Å². The number of hydrogen-bond acceptors (Lipinski definition) is 2. The molecular weight excluding hydrogens is 1040 g/mol. The van der Waals surface area contributed by atoms with Crippen LogP contribution in [0.3, 0.4) is 0 Å². The summed E-state index contributed by atoms with van der Waals surface area (Å²) in [7, 11) is 0. The first-order chi connectivity index (χ1) is 42.6. The number of rotatable bonds is 7. The standard InChI is InChI=1S/C84H50O2/c1-2-19-61-51(17-1)18-15-31-63(61)82-70-26-9-7-24-68(70)80(69-25-8-10-27-71(69)82)55-41-37-53(38-42-55)74-49-60(50-78-84(74)73-29-12-14-33-76(73)86-78)58-44-43-57-48-59(46-45-56(57)47-58)81-66-22-5-3-20-64(66)79(65-21-4-6-23-67(65)81)54-39-35-52(36-40-54)62-30-16-34-77-83(62)72-28-11-13-32-75(72)85-77/h1-50H. The van der Waals surface area contributed by atoms with Crippen LogP contribution in [0.2, 0.25) is 0 Å². The lowest BCUT2D eigenvalue weighted by Gasteiger charge is -2.19. The molecule has 2 nitrogen and oxygen atoms in total. The molecule has 0 aliphatic carbocycles. The van der Waals surface area contributed by atoms with Gasteiger partial charge in [-0.25, -0.2) is 0 Å². The van der Waals surface area contributed by atoms with E-state index in [1.54, 1.807) is 0 Å². The Hall–Kier alpha value is -11.3. The normalized spacial score (nSPS) is 12.0. The van der Waals surface area contributed by atoms with E-state index in [9.17, 15) is 0 Å². The molecule has 0 fully saturated rings. The molecule has 0 saturated heterocycles. The Morgan fingerprint density at radius 2 is 0.523 bits per heavy atom. The summed E-state index contributed by atoms with van der Waals surface area (Å²) in [5.74, 6) is 0. The van der Waals surface area contributed by atoms with Gasteiger partial charge in [-0.15, -0.1) is 0 Å². The maximum Gasteiger partial charge on any atom is 0.136 e. The van der Waals surface area contributed by atoms with Crippen molar-refractivity contribution in [2.75, 3.05) is 0 Å². The monoisotopic (exact) mass is 1090 g/mol. The minimum absolute atomic E-state index is 0.873. The third kappa shape index (κ3) is 7.46. The second-order valence-electron chi connectivity index (χ2n) is 22.9. The molecule has 0 N–H and O–H groups in total. The first-order valence-electron chi connectivity index (χ1n) is 29.6. The molecule has 2 heterocycles. The van der Waals surface area contributed by atoms with Gasteiger partial charge >= 0.3 is 0 Å². The summed E-state index contributed by atoms with van der Waals surface area (Å²) >= 11 is 0. The van der Waals surface area contributed by atoms with E-state index in [0.717, 1.165) is 71.7 Å². The maximum absolute atomic E-state index is 6.74. The third-order valence-electron chi connectivity index (χ3n) is 18.2. The summed E-state index contributed by atoms with van der Waals surface area (Å²) in [6.07, 6.45) is 0. The van der Waals surface area contributed by atoms with Crippen LogP contribution in [0.4, 0.5) is 0 Å². The zero-order valence-corrected chi connectivity index (χ0v) is 46.7. The van der Waals surface area contributed by atoms with Gasteiger partial charge in [-0.05, 0) is 185 Å². The van der Waals surface area contributed by atoms with Crippen molar-refractivity contribution in [3.05, 3.63) is 303 Å². The van der Waals surface area contributed by atoms with Crippen molar-refractivity contribution < 1.29 is 8.83 Å². The Labute approximate surface area is 495 Å². The molecular formula is C84H50O2. The number of benzene rings is 16. The second-order valence-corrected chi connectivity index (χ2v) is 22.9. The van der Waals surface area contributed by atoms with E-state index in [-0.39, 0.29) is 0 Å². The summed E-state index contributed by atoms with van der Waals surface area (Å²) in [6.45, 7) is 0. The highest BCUT2D eigenvalue weighted by atomic mass is 16.3. The van der Waals surface area contributed by atoms with E-state index in [0.29, 0.717) is 0 Å². The summed E-state index contributed by atoms with van der Waals surface area (Å²) in [5.41, 5.74) is 20.2. The molecule has 398 valence electrons. The number of hydrogen-bond donors (Lipinski definition) is 0. The molecule has 18 rings (SSSR count). The zero-order chi connectivity index (χ0) is 56.4. The minimum Gasteiger partial charge on any atom is -0.456 e. The first-order valence-corrected chi connectivity index (χ1v) is 29.6. The Morgan fingerprint density at radius 3 is 1.08 bits per heavy atom. The lowest BCUT2D eigenvalue weighted by molar-refractivity contribution is 0.668. The van der Waals surface area contributed by atoms with Crippen LogP contribution in [-0.2, 0) is 0 Å². The molecule has 0 amide bonds. The van der Waals surface area contributed by atoms with Gasteiger partial charge in [0.1, 0.15) is 22.3 Å². The number of para-hydroxylation sites is 2. The van der Waals surface area contributed by atoms with Gasteiger partial charge < -0.3 is 8.83 Å². The molecule has 0 spiro atoms. The van der Waals surface area contributed by atoms with Crippen molar-refractivity contribution in [3.63, 3.8) is 0 Å². The predicted octanol–water partition coefficient (Wildman–Crippen LogP) is 24.1. The molecule has 16 aromatic carbocycles. The smallest absolute Gasteiger partial charge is 0.136 e. The van der Waals surface area contributed by atoms with Crippen molar-refractivity contribution in [1.82, 2.24) is 0 Å². The molecule has 18 aromatic rings. The summed E-state index contributed by atoms with van der Waals surface area (Å²) in [4.78, 5) is 0. The summed E-state index contributed by atoms with van der Waals surface area (Å²) in [5, 5.41) is 19.3. The van der Waals surface area contributed by atoms with Crippen LogP contribution >= 0.6 is 0 Å². The van der Waals surface area contributed by atoms with Crippen molar-refractivity contribution >= 4 is 109 Å². The van der Waals surface area contributed by atoms with Crippen LogP contribution in [0, 0.1) is 0 Å². The quantitative estimate of drug-likeness (QED) is 0.149. The Balaban J connectivity index is 0.726. The van der Waals surface area contributed by atoms with E-state index in [4.69, 9.17) is 8.83 Å². The highest BCUT2D eigenvalue weighted by molar-refractivity contribution is 6.25. The second kappa shape index (κ2) is 19.1. The molecule has 86 heavy (non-hydrogen) atoms. The van der Waals surface area contributed by atoms with E-state index in [2.05, 4.69) is 291 Å². The number of fused-ring (bicyclic) bond motifs is 12. The summed E-state index contributed by atoms with van der Waals surface area (Å²) in [6, 6.07) is 111. The van der Waals surface area contributed by atoms with E-state index in [1.165, 1.54) is 115 Å². The first kappa shape index (κ1) is 48.2. The van der Waals surface area contributed by atoms with Crippen LogP contribution < -0.4 is 0 Å². The molecule has 0 atom stereocenters. The predicted molar refractivity (Wildman–Crippen MR) is 364 cm³/mol. The van der Waals surface area contributed by atoms with Crippen LogP contribution in [-0.4, -0.2) is 0 Å². The number of furan rings is 2. The van der Waals surface area contributed by atoms with Crippen LogP contribution in [0.25, 0.3) is 186 Å². The average molecular weight is 1090 g/mol. The van der Waals surface area contributed by atoms with Gasteiger partial charge in [0.25, 0.3) is 0 Å². The molecule has 2 heteroatoms. The highest BCUT2D eigenvalue weighted by Crippen LogP contribution is 2.49. The van der Waals surface area contributed by atoms with Gasteiger partial charge in [0.15, 0.2) is 0 Å². The lowest BCUT2D eigenvalue weighted by Crippen LogP contribution is -1.92. The molecule has 0 bridgehead atoms. The minimum atomic E-state index is 0.873. The fourth-order valence-electron chi connectivity index (χ4n) is 14.4. The van der Waals surface area contributed by atoms with E-state index < -0.39 is 0 Å². The van der Waals surface area contributed by atoms with E-state index in [1.807, 2.05) is 12.1 Å². The molecule has 0 radical (unpaired) electrons. The Bertz CT molecular complexity index is 5700. The van der Waals surface area contributed by atoms with Gasteiger partial charge in [-0.2, -0.15) is 0 Å². The Morgan fingerprint density at radius 1 is 0.163 bits per heavy atom. The van der Waals surface area contributed by atoms with Crippen molar-refractivity contribution in [1.29, 1.82) is 0 Å². The SMILES string of the molecule is c1ccc2c(-c3c4ccccc4c(-c4ccc(-c5cc(-c6ccc7cc(-c8c9ccccc9c(-c9ccc(-c%10cccc%11oc%12ccccc%12c%10%11)cc9)c9ccccc89)ccc7c6)cc6oc7ccccc7c56)cc4)c4ccccc34)cccc2c1. The van der Waals surface area contributed by atoms with Gasteiger partial charge in [-0.1, -0.05) is 261 Å². The van der Waals surface area contributed by atoms with Gasteiger partial charge in [0.05, 0.1) is 0 Å². The summed E-state index contributed by atoms with van der Waals surface area (Å²) < 4.78 is 13.0. The van der Waals surface area contributed by atoms with E-state index >= 15 is 0 Å². The van der Waals surface area contributed by atoms with Gasteiger partial charge in [-0.3, -0.25) is 0 Å². The third-order valence-corrected chi connectivity index (χ3v) is 18.2. The zero-order valence-electron chi connectivity index (χ0n) is 46.7. The van der Waals surface area contributed by atoms with Gasteiger partial charge in [0.2, 0.25) is 0 Å². The van der Waals surface area contributed by atoms with Crippen LogP contribution in [0.5, 0.6) is 0 Å². The van der Waals surface area contributed by atoms with Crippen molar-refractivity contribution in [3.8, 4) is 77.9 Å². The fraction of sp³-hybridized carbons (Fsp3) is 0.